The highest BCUT2D eigenvalue weighted by Gasteiger charge is 2.41. The smallest absolute Gasteiger partial charge is 0.310 e. The van der Waals surface area contributed by atoms with Gasteiger partial charge in [-0.15, -0.1) is 0 Å². The lowest BCUT2D eigenvalue weighted by Crippen LogP contribution is -2.49. The van der Waals surface area contributed by atoms with E-state index in [1.54, 1.807) is 4.90 Å². The maximum atomic E-state index is 11.7. The normalized spacial score (nSPS) is 27.8. The van der Waals surface area contributed by atoms with Gasteiger partial charge in [0.05, 0.1) is 26.2 Å². The molecule has 1 atom stereocenters. The number of carbonyl (C=O) groups excluding carboxylic acids is 2. The molecule has 0 aliphatic carbocycles. The van der Waals surface area contributed by atoms with E-state index < -0.39 is 0 Å². The minimum absolute atomic E-state index is 0.0449. The lowest BCUT2D eigenvalue weighted by atomic mass is 9.88. The molecule has 2 rings (SSSR count). The minimum atomic E-state index is -0.290. The summed E-state index contributed by atoms with van der Waals surface area (Å²) < 4.78 is 9.81. The minimum Gasteiger partial charge on any atom is -0.469 e. The Bertz CT molecular complexity index is 311. The van der Waals surface area contributed by atoms with Crippen molar-refractivity contribution in [3.8, 4) is 0 Å². The Morgan fingerprint density at radius 1 is 1.62 bits per heavy atom. The van der Waals surface area contributed by atoms with E-state index in [0.29, 0.717) is 26.3 Å². The van der Waals surface area contributed by atoms with E-state index in [0.717, 1.165) is 0 Å². The van der Waals surface area contributed by atoms with Crippen LogP contribution in [0.15, 0.2) is 0 Å². The molecule has 0 radical (unpaired) electrons. The standard InChI is InChI=1S/C11H17NO4/c1-11(6-16-7-11)5-12-4-8(3-9(12)13)10(14)15-2/h8H,3-7H2,1-2H3. The van der Waals surface area contributed by atoms with Gasteiger partial charge in [-0.1, -0.05) is 6.92 Å². The monoisotopic (exact) mass is 227 g/mol. The Hall–Kier alpha value is -1.10. The summed E-state index contributed by atoms with van der Waals surface area (Å²) >= 11 is 0. The van der Waals surface area contributed by atoms with Crippen LogP contribution in [0.5, 0.6) is 0 Å². The molecule has 0 aromatic rings. The number of hydrogen-bond donors (Lipinski definition) is 0. The largest absolute Gasteiger partial charge is 0.469 e. The van der Waals surface area contributed by atoms with E-state index in [1.165, 1.54) is 7.11 Å². The summed E-state index contributed by atoms with van der Waals surface area (Å²) in [6.45, 7) is 4.65. The van der Waals surface area contributed by atoms with Crippen LogP contribution in [0.4, 0.5) is 0 Å². The SMILES string of the molecule is COC(=O)C1CC(=O)N(CC2(C)COC2)C1. The predicted octanol–water partition coefficient (Wildman–Crippen LogP) is 0.0444. The van der Waals surface area contributed by atoms with Crippen LogP contribution in [0.2, 0.25) is 0 Å². The van der Waals surface area contributed by atoms with Crippen molar-refractivity contribution < 1.29 is 19.1 Å². The first kappa shape index (κ1) is 11.4. The molecule has 2 heterocycles. The third-order valence-electron chi connectivity index (χ3n) is 3.22. The van der Waals surface area contributed by atoms with Crippen LogP contribution in [0.1, 0.15) is 13.3 Å². The molecule has 1 amide bonds. The quantitative estimate of drug-likeness (QED) is 0.639. The number of rotatable bonds is 3. The molecule has 2 aliphatic rings. The van der Waals surface area contributed by atoms with E-state index in [9.17, 15) is 9.59 Å². The molecule has 90 valence electrons. The van der Waals surface area contributed by atoms with Crippen LogP contribution in [-0.4, -0.2) is 50.2 Å². The summed E-state index contributed by atoms with van der Waals surface area (Å²) in [6.07, 6.45) is 0.281. The second kappa shape index (κ2) is 4.05. The molecule has 1 unspecified atom stereocenters. The van der Waals surface area contributed by atoms with Crippen molar-refractivity contribution in [1.29, 1.82) is 0 Å². The first-order valence-electron chi connectivity index (χ1n) is 5.47. The van der Waals surface area contributed by atoms with Gasteiger partial charge >= 0.3 is 5.97 Å². The first-order chi connectivity index (χ1) is 7.54. The van der Waals surface area contributed by atoms with Gasteiger partial charge in [-0.3, -0.25) is 9.59 Å². The lowest BCUT2D eigenvalue weighted by Gasteiger charge is -2.40. The van der Waals surface area contributed by atoms with Gasteiger partial charge in [-0.05, 0) is 0 Å². The maximum absolute atomic E-state index is 11.7. The zero-order chi connectivity index (χ0) is 11.8. The fraction of sp³-hybridized carbons (Fsp3) is 0.818. The molecule has 2 fully saturated rings. The van der Waals surface area contributed by atoms with Gasteiger partial charge < -0.3 is 14.4 Å². The fourth-order valence-electron chi connectivity index (χ4n) is 2.25. The van der Waals surface area contributed by atoms with Crippen molar-refractivity contribution in [1.82, 2.24) is 4.90 Å². The number of likely N-dealkylation sites (tertiary alicyclic amines) is 1. The van der Waals surface area contributed by atoms with Crippen LogP contribution >= 0.6 is 0 Å². The molecule has 0 aromatic carbocycles. The number of nitrogens with zero attached hydrogens (tertiary/aromatic N) is 1. The summed E-state index contributed by atoms with van der Waals surface area (Å²) in [5, 5.41) is 0. The molecule has 0 spiro atoms. The molecular weight excluding hydrogens is 210 g/mol. The average Bonchev–Trinajstić information content (AvgIpc) is 2.57. The Labute approximate surface area is 94.7 Å². The van der Waals surface area contributed by atoms with Crippen molar-refractivity contribution >= 4 is 11.9 Å². The van der Waals surface area contributed by atoms with Crippen molar-refractivity contribution in [2.45, 2.75) is 13.3 Å². The molecule has 2 aliphatic heterocycles. The molecule has 0 saturated carbocycles. The zero-order valence-electron chi connectivity index (χ0n) is 9.69. The molecule has 0 N–H and O–H groups in total. The topological polar surface area (TPSA) is 55.8 Å². The van der Waals surface area contributed by atoms with Crippen LogP contribution in [0.25, 0.3) is 0 Å². The van der Waals surface area contributed by atoms with Crippen LogP contribution in [0.3, 0.4) is 0 Å². The number of hydrogen-bond acceptors (Lipinski definition) is 4. The van der Waals surface area contributed by atoms with Crippen molar-refractivity contribution in [3.63, 3.8) is 0 Å². The summed E-state index contributed by atoms with van der Waals surface area (Å²) in [5.74, 6) is -0.531. The van der Waals surface area contributed by atoms with Crippen molar-refractivity contribution in [2.24, 2.45) is 11.3 Å². The van der Waals surface area contributed by atoms with Gasteiger partial charge in [0.25, 0.3) is 0 Å². The lowest BCUT2D eigenvalue weighted by molar-refractivity contribution is -0.145. The van der Waals surface area contributed by atoms with Crippen LogP contribution in [-0.2, 0) is 19.1 Å². The summed E-state index contributed by atoms with van der Waals surface area (Å²) in [5.41, 5.74) is 0.0701. The second-order valence-electron chi connectivity index (χ2n) is 5.00. The highest BCUT2D eigenvalue weighted by Crippen LogP contribution is 2.30. The third-order valence-corrected chi connectivity index (χ3v) is 3.22. The maximum Gasteiger partial charge on any atom is 0.310 e. The average molecular weight is 227 g/mol. The number of amides is 1. The molecule has 0 bridgehead atoms. The molecule has 5 nitrogen and oxygen atoms in total. The molecule has 2 saturated heterocycles. The number of methoxy groups -OCH3 is 1. The van der Waals surface area contributed by atoms with Gasteiger partial charge in [0.1, 0.15) is 0 Å². The molecule has 0 aromatic heterocycles. The number of ether oxygens (including phenoxy) is 2. The first-order valence-corrected chi connectivity index (χ1v) is 5.47. The fourth-order valence-corrected chi connectivity index (χ4v) is 2.25. The van der Waals surface area contributed by atoms with Crippen molar-refractivity contribution in [2.75, 3.05) is 33.4 Å². The van der Waals surface area contributed by atoms with Crippen molar-refractivity contribution in [3.05, 3.63) is 0 Å². The van der Waals surface area contributed by atoms with Crippen LogP contribution in [0, 0.1) is 11.3 Å². The van der Waals surface area contributed by atoms with E-state index in [2.05, 4.69) is 11.7 Å². The highest BCUT2D eigenvalue weighted by molar-refractivity contribution is 5.86. The summed E-state index contributed by atoms with van der Waals surface area (Å²) in [7, 11) is 1.36. The number of carbonyl (C=O) groups is 2. The Kier molecular flexibility index (Phi) is 2.88. The van der Waals surface area contributed by atoms with Gasteiger partial charge in [-0.25, -0.2) is 0 Å². The summed E-state index contributed by atoms with van der Waals surface area (Å²) in [6, 6.07) is 0. The zero-order valence-corrected chi connectivity index (χ0v) is 9.69. The van der Waals surface area contributed by atoms with Crippen LogP contribution < -0.4 is 0 Å². The van der Waals surface area contributed by atoms with E-state index in [1.807, 2.05) is 0 Å². The van der Waals surface area contributed by atoms with Gasteiger partial charge in [0.2, 0.25) is 5.91 Å². The highest BCUT2D eigenvalue weighted by atomic mass is 16.5. The Morgan fingerprint density at radius 2 is 2.31 bits per heavy atom. The van der Waals surface area contributed by atoms with E-state index in [-0.39, 0.29) is 29.6 Å². The van der Waals surface area contributed by atoms with Gasteiger partial charge in [-0.2, -0.15) is 0 Å². The molecule has 5 heteroatoms. The van der Waals surface area contributed by atoms with Gasteiger partial charge in [0, 0.05) is 24.9 Å². The summed E-state index contributed by atoms with van der Waals surface area (Å²) in [4.78, 5) is 24.8. The molecule has 16 heavy (non-hydrogen) atoms. The van der Waals surface area contributed by atoms with Gasteiger partial charge in [0.15, 0.2) is 0 Å². The van der Waals surface area contributed by atoms with E-state index in [4.69, 9.17) is 4.74 Å². The van der Waals surface area contributed by atoms with E-state index >= 15 is 0 Å². The molecular formula is C11H17NO4. The second-order valence-corrected chi connectivity index (χ2v) is 5.00. The third kappa shape index (κ3) is 2.04. The number of esters is 1. The predicted molar refractivity (Wildman–Crippen MR) is 55.6 cm³/mol. The Balaban J connectivity index is 1.92. The Morgan fingerprint density at radius 3 is 2.81 bits per heavy atom.